The molecule has 0 fully saturated rings. The van der Waals surface area contributed by atoms with E-state index < -0.39 is 0 Å². The summed E-state index contributed by atoms with van der Waals surface area (Å²) in [7, 11) is 1.42. The van der Waals surface area contributed by atoms with E-state index in [4.69, 9.17) is 9.72 Å². The second-order valence-electron chi connectivity index (χ2n) is 8.57. The van der Waals surface area contributed by atoms with Crippen molar-refractivity contribution in [2.75, 3.05) is 30.4 Å². The van der Waals surface area contributed by atoms with Crippen LogP contribution in [0, 0.1) is 13.8 Å². The Morgan fingerprint density at radius 3 is 2.76 bits per heavy atom. The van der Waals surface area contributed by atoms with Gasteiger partial charge in [-0.1, -0.05) is 36.4 Å². The lowest BCUT2D eigenvalue weighted by molar-refractivity contribution is -0.138. The van der Waals surface area contributed by atoms with Crippen molar-refractivity contribution in [1.82, 2.24) is 9.97 Å². The summed E-state index contributed by atoms with van der Waals surface area (Å²) in [4.78, 5) is 23.3. The van der Waals surface area contributed by atoms with Gasteiger partial charge in [-0.15, -0.1) is 0 Å². The molecule has 0 spiro atoms. The Hall–Kier alpha value is -3.41. The maximum atomic E-state index is 11.9. The molecule has 3 aromatic rings. The average Bonchev–Trinajstić information content (AvgIpc) is 2.82. The molecular formula is C27H32N4O2. The van der Waals surface area contributed by atoms with E-state index in [1.807, 2.05) is 24.8 Å². The molecule has 0 bridgehead atoms. The lowest BCUT2D eigenvalue weighted by atomic mass is 9.88. The number of hydrogen-bond acceptors (Lipinski definition) is 6. The van der Waals surface area contributed by atoms with E-state index in [0.717, 1.165) is 47.0 Å². The van der Waals surface area contributed by atoms with Crippen LogP contribution in [0.1, 0.15) is 48.3 Å². The summed E-state index contributed by atoms with van der Waals surface area (Å²) >= 11 is 0. The number of fused-ring (bicyclic) bond motifs is 1. The zero-order valence-electron chi connectivity index (χ0n) is 19.9. The van der Waals surface area contributed by atoms with Gasteiger partial charge in [0.15, 0.2) is 0 Å². The minimum absolute atomic E-state index is 0.216. The maximum absolute atomic E-state index is 11.9. The molecule has 2 aromatic carbocycles. The van der Waals surface area contributed by atoms with E-state index in [1.165, 1.54) is 24.7 Å². The monoisotopic (exact) mass is 444 g/mol. The van der Waals surface area contributed by atoms with Crippen molar-refractivity contribution < 1.29 is 9.53 Å². The number of likely N-dealkylation sites (N-methyl/N-ethyl adjacent to an activating group) is 1. The van der Waals surface area contributed by atoms with Crippen LogP contribution in [0.3, 0.4) is 0 Å². The minimum atomic E-state index is -0.251. The number of rotatable bonds is 7. The van der Waals surface area contributed by atoms with Gasteiger partial charge in [-0.2, -0.15) is 0 Å². The SMILES string of the molecule is CCN(CC(=O)OC)c1cc(-c2cc(NC3CCCc4ccccc43)nc(C)n2)ccc1C. The van der Waals surface area contributed by atoms with Crippen LogP contribution in [0.5, 0.6) is 0 Å². The first-order valence-electron chi connectivity index (χ1n) is 11.6. The highest BCUT2D eigenvalue weighted by Crippen LogP contribution is 2.33. The van der Waals surface area contributed by atoms with Crippen LogP contribution >= 0.6 is 0 Å². The van der Waals surface area contributed by atoms with Crippen molar-refractivity contribution in [3.8, 4) is 11.3 Å². The van der Waals surface area contributed by atoms with E-state index in [-0.39, 0.29) is 18.6 Å². The molecule has 1 atom stereocenters. The van der Waals surface area contributed by atoms with Gasteiger partial charge in [-0.05, 0) is 62.8 Å². The van der Waals surface area contributed by atoms with Crippen LogP contribution < -0.4 is 10.2 Å². The number of aryl methyl sites for hydroxylation is 3. The summed E-state index contributed by atoms with van der Waals surface area (Å²) in [6.45, 7) is 6.93. The zero-order valence-corrected chi connectivity index (χ0v) is 19.9. The molecule has 33 heavy (non-hydrogen) atoms. The van der Waals surface area contributed by atoms with Gasteiger partial charge in [-0.25, -0.2) is 9.97 Å². The molecule has 1 aromatic heterocycles. The molecule has 0 aliphatic heterocycles. The first-order valence-corrected chi connectivity index (χ1v) is 11.6. The van der Waals surface area contributed by atoms with Crippen molar-refractivity contribution >= 4 is 17.5 Å². The Morgan fingerprint density at radius 2 is 1.97 bits per heavy atom. The van der Waals surface area contributed by atoms with Gasteiger partial charge in [0.05, 0.1) is 18.8 Å². The number of carbonyl (C=O) groups is 1. The van der Waals surface area contributed by atoms with Crippen molar-refractivity contribution in [3.63, 3.8) is 0 Å². The van der Waals surface area contributed by atoms with Crippen LogP contribution in [0.2, 0.25) is 0 Å². The summed E-state index contributed by atoms with van der Waals surface area (Å²) in [6.07, 6.45) is 3.39. The number of methoxy groups -OCH3 is 1. The molecule has 0 radical (unpaired) electrons. The van der Waals surface area contributed by atoms with Crippen molar-refractivity contribution in [1.29, 1.82) is 0 Å². The van der Waals surface area contributed by atoms with E-state index >= 15 is 0 Å². The lowest BCUT2D eigenvalue weighted by Crippen LogP contribution is -2.30. The second kappa shape index (κ2) is 10.0. The molecule has 172 valence electrons. The van der Waals surface area contributed by atoms with Crippen molar-refractivity contribution in [2.24, 2.45) is 0 Å². The summed E-state index contributed by atoms with van der Waals surface area (Å²) in [6, 6.07) is 17.2. The molecule has 1 unspecified atom stereocenters. The maximum Gasteiger partial charge on any atom is 0.325 e. The van der Waals surface area contributed by atoms with Crippen molar-refractivity contribution in [2.45, 2.75) is 46.1 Å². The fraction of sp³-hybridized carbons (Fsp3) is 0.370. The Balaban J connectivity index is 1.64. The number of esters is 1. The fourth-order valence-corrected chi connectivity index (χ4v) is 4.57. The number of ether oxygens (including phenoxy) is 1. The smallest absolute Gasteiger partial charge is 0.325 e. The van der Waals surface area contributed by atoms with Crippen LogP contribution in [-0.4, -0.2) is 36.1 Å². The third-order valence-corrected chi connectivity index (χ3v) is 6.30. The van der Waals surface area contributed by atoms with Gasteiger partial charge < -0.3 is 15.0 Å². The summed E-state index contributed by atoms with van der Waals surface area (Å²) in [5.74, 6) is 1.31. The largest absolute Gasteiger partial charge is 0.468 e. The third-order valence-electron chi connectivity index (χ3n) is 6.30. The van der Waals surface area contributed by atoms with Gasteiger partial charge in [-0.3, -0.25) is 4.79 Å². The number of carbonyl (C=O) groups excluding carboxylic acids is 1. The highest BCUT2D eigenvalue weighted by atomic mass is 16.5. The zero-order chi connectivity index (χ0) is 23.4. The molecule has 1 aliphatic rings. The average molecular weight is 445 g/mol. The Morgan fingerprint density at radius 1 is 1.15 bits per heavy atom. The van der Waals surface area contributed by atoms with Crippen LogP contribution in [0.15, 0.2) is 48.5 Å². The number of nitrogens with zero attached hydrogens (tertiary/aromatic N) is 3. The van der Waals surface area contributed by atoms with E-state index in [1.54, 1.807) is 0 Å². The second-order valence-corrected chi connectivity index (χ2v) is 8.57. The summed E-state index contributed by atoms with van der Waals surface area (Å²) in [5.41, 5.74) is 6.75. The molecule has 6 nitrogen and oxygen atoms in total. The van der Waals surface area contributed by atoms with Crippen LogP contribution in [-0.2, 0) is 16.0 Å². The highest BCUT2D eigenvalue weighted by molar-refractivity contribution is 5.78. The Labute approximate surface area is 196 Å². The quantitative estimate of drug-likeness (QED) is 0.502. The molecule has 0 amide bonds. The molecule has 6 heteroatoms. The predicted molar refractivity (Wildman–Crippen MR) is 133 cm³/mol. The highest BCUT2D eigenvalue weighted by Gasteiger charge is 2.20. The summed E-state index contributed by atoms with van der Waals surface area (Å²) < 4.78 is 4.88. The topological polar surface area (TPSA) is 67.3 Å². The Bertz CT molecular complexity index is 1140. The lowest BCUT2D eigenvalue weighted by Gasteiger charge is -2.27. The molecule has 0 saturated heterocycles. The number of benzene rings is 2. The number of aromatic nitrogens is 2. The number of hydrogen-bond donors (Lipinski definition) is 1. The van der Waals surface area contributed by atoms with Gasteiger partial charge in [0.1, 0.15) is 18.2 Å². The molecule has 1 N–H and O–H groups in total. The van der Waals surface area contributed by atoms with Gasteiger partial charge >= 0.3 is 5.97 Å². The number of nitrogens with one attached hydrogen (secondary N) is 1. The number of anilines is 2. The first kappa shape index (κ1) is 22.8. The van der Waals surface area contributed by atoms with Gasteiger partial charge in [0.2, 0.25) is 0 Å². The Kier molecular flexibility index (Phi) is 6.92. The van der Waals surface area contributed by atoms with Gasteiger partial charge in [0, 0.05) is 23.9 Å². The van der Waals surface area contributed by atoms with E-state index in [0.29, 0.717) is 6.54 Å². The summed E-state index contributed by atoms with van der Waals surface area (Å²) in [5, 5.41) is 3.66. The standard InChI is InChI=1S/C27H32N4O2/c1-5-31(17-27(32)33-4)25-15-21(14-13-18(25)2)24-16-26(29-19(3)28-24)30-23-12-8-10-20-9-6-7-11-22(20)23/h6-7,9,11,13-16,23H,5,8,10,12,17H2,1-4H3,(H,28,29,30). The predicted octanol–water partition coefficient (Wildman–Crippen LogP) is 5.25. The van der Waals surface area contributed by atoms with E-state index in [2.05, 4.69) is 59.7 Å². The molecule has 1 heterocycles. The molecular weight excluding hydrogens is 412 g/mol. The fourth-order valence-electron chi connectivity index (χ4n) is 4.57. The van der Waals surface area contributed by atoms with Gasteiger partial charge in [0.25, 0.3) is 0 Å². The van der Waals surface area contributed by atoms with Crippen LogP contribution in [0.25, 0.3) is 11.3 Å². The molecule has 0 saturated carbocycles. The van der Waals surface area contributed by atoms with E-state index in [9.17, 15) is 4.79 Å². The van der Waals surface area contributed by atoms with Crippen molar-refractivity contribution in [3.05, 3.63) is 71.0 Å². The first-order chi connectivity index (χ1) is 16.0. The molecule has 4 rings (SSSR count). The third kappa shape index (κ3) is 5.16. The minimum Gasteiger partial charge on any atom is -0.468 e. The molecule has 1 aliphatic carbocycles. The normalized spacial score (nSPS) is 15.0. The van der Waals surface area contributed by atoms with Crippen LogP contribution in [0.4, 0.5) is 11.5 Å².